The molecule has 0 fully saturated rings. The minimum Gasteiger partial charge on any atom is -0.267 e. The van der Waals surface area contributed by atoms with Crippen LogP contribution in [0, 0.1) is 0 Å². The first-order chi connectivity index (χ1) is 8.49. The average molecular weight is 269 g/mol. The second kappa shape index (κ2) is 6.87. The molecule has 0 aromatic heterocycles. The van der Waals surface area contributed by atoms with Crippen molar-refractivity contribution in [2.24, 2.45) is 4.36 Å². The van der Waals surface area contributed by atoms with Crippen LogP contribution in [0.5, 0.6) is 0 Å². The monoisotopic (exact) mass is 269 g/mol. The zero-order valence-electron chi connectivity index (χ0n) is 10.2. The van der Waals surface area contributed by atoms with Crippen LogP contribution in [0.1, 0.15) is 19.4 Å². The quantitative estimate of drug-likeness (QED) is 0.842. The summed E-state index contributed by atoms with van der Waals surface area (Å²) >= 11 is 0. The Kier molecular flexibility index (Phi) is 5.47. The molecule has 7 heteroatoms. The lowest BCUT2D eigenvalue weighted by molar-refractivity contribution is 0.144. The van der Waals surface area contributed by atoms with E-state index in [9.17, 15) is 13.2 Å². The van der Waals surface area contributed by atoms with Gasteiger partial charge in [0.25, 0.3) is 0 Å². The van der Waals surface area contributed by atoms with Gasteiger partial charge in [0.2, 0.25) is 0 Å². The molecule has 1 rings (SSSR count). The molecule has 1 N–H and O–H groups in total. The molecule has 0 atom stereocenters. The third-order valence-corrected chi connectivity index (χ3v) is 2.53. The summed E-state index contributed by atoms with van der Waals surface area (Å²) in [6.07, 6.45) is 0. The summed E-state index contributed by atoms with van der Waals surface area (Å²) in [5.74, 6) is 0. The first-order valence-corrected chi connectivity index (χ1v) is 6.44. The van der Waals surface area contributed by atoms with Crippen LogP contribution in [0.4, 0.5) is 4.79 Å². The number of hydrazine groups is 1. The number of rotatable bonds is 4. The molecule has 0 saturated heterocycles. The van der Waals surface area contributed by atoms with Gasteiger partial charge >= 0.3 is 16.5 Å². The zero-order valence-corrected chi connectivity index (χ0v) is 11.0. The van der Waals surface area contributed by atoms with Gasteiger partial charge in [-0.05, 0) is 19.4 Å². The summed E-state index contributed by atoms with van der Waals surface area (Å²) in [6, 6.07) is 8.66. The maximum atomic E-state index is 11.2. The number of hydrogen-bond donors (Lipinski definition) is 1. The number of carbonyl (C=O) groups excluding carboxylic acids is 1. The van der Waals surface area contributed by atoms with Crippen molar-refractivity contribution in [2.45, 2.75) is 26.4 Å². The van der Waals surface area contributed by atoms with Crippen molar-refractivity contribution in [3.05, 3.63) is 35.9 Å². The SMILES string of the molecule is CC(C)N(Cc1ccccc1)NC(=O)N=S(=O)=O. The highest BCUT2D eigenvalue weighted by molar-refractivity contribution is 7.62. The lowest BCUT2D eigenvalue weighted by Gasteiger charge is -2.25. The van der Waals surface area contributed by atoms with E-state index in [4.69, 9.17) is 0 Å². The maximum absolute atomic E-state index is 11.2. The van der Waals surface area contributed by atoms with Crippen molar-refractivity contribution in [1.29, 1.82) is 0 Å². The molecule has 1 aromatic carbocycles. The van der Waals surface area contributed by atoms with Crippen LogP contribution in [-0.4, -0.2) is 25.5 Å². The Balaban J connectivity index is 2.72. The summed E-state index contributed by atoms with van der Waals surface area (Å²) in [5, 5.41) is 1.62. The van der Waals surface area contributed by atoms with Gasteiger partial charge in [-0.15, -0.1) is 0 Å². The number of nitrogens with zero attached hydrogens (tertiary/aromatic N) is 2. The third kappa shape index (κ3) is 5.07. The van der Waals surface area contributed by atoms with Crippen LogP contribution < -0.4 is 5.43 Å². The zero-order chi connectivity index (χ0) is 13.5. The molecule has 0 saturated carbocycles. The molecular weight excluding hydrogens is 254 g/mol. The first kappa shape index (κ1) is 14.3. The summed E-state index contributed by atoms with van der Waals surface area (Å²) < 4.78 is 23.4. The largest absolute Gasteiger partial charge is 0.370 e. The fourth-order valence-electron chi connectivity index (χ4n) is 1.34. The van der Waals surface area contributed by atoms with E-state index in [1.807, 2.05) is 44.2 Å². The Labute approximate surface area is 107 Å². The standard InChI is InChI=1S/C11H15N3O3S/c1-9(2)14(12-11(15)13-18(16)17)8-10-6-4-3-5-7-10/h3-7,9H,8H2,1-2H3,(H,12,15). The number of urea groups is 1. The molecule has 18 heavy (non-hydrogen) atoms. The molecule has 1 aromatic rings. The molecule has 0 aliphatic heterocycles. The fraction of sp³-hybridized carbons (Fsp3) is 0.364. The predicted molar refractivity (Wildman–Crippen MR) is 67.0 cm³/mol. The highest BCUT2D eigenvalue weighted by Gasteiger charge is 2.12. The third-order valence-electron chi connectivity index (χ3n) is 2.22. The van der Waals surface area contributed by atoms with Crippen molar-refractivity contribution < 1.29 is 13.2 Å². The Bertz CT molecular complexity index is 518. The van der Waals surface area contributed by atoms with Crippen LogP contribution in [-0.2, 0) is 17.0 Å². The average Bonchev–Trinajstić information content (AvgIpc) is 2.28. The Hall–Kier alpha value is -1.73. The minimum atomic E-state index is -2.74. The number of hydrogen-bond acceptors (Lipinski definition) is 4. The van der Waals surface area contributed by atoms with E-state index in [2.05, 4.69) is 9.79 Å². The van der Waals surface area contributed by atoms with E-state index < -0.39 is 16.5 Å². The molecule has 0 aliphatic carbocycles. The molecule has 0 bridgehead atoms. The molecule has 2 amide bonds. The van der Waals surface area contributed by atoms with E-state index in [-0.39, 0.29) is 6.04 Å². The van der Waals surface area contributed by atoms with Crippen molar-refractivity contribution in [2.75, 3.05) is 0 Å². The molecule has 6 nitrogen and oxygen atoms in total. The summed E-state index contributed by atoms with van der Waals surface area (Å²) in [4.78, 5) is 11.2. The second-order valence-corrected chi connectivity index (χ2v) is 4.55. The van der Waals surface area contributed by atoms with E-state index in [1.54, 1.807) is 5.01 Å². The normalized spacial score (nSPS) is 10.4. The summed E-state index contributed by atoms with van der Waals surface area (Å²) in [6.45, 7) is 4.25. The molecule has 98 valence electrons. The van der Waals surface area contributed by atoms with Gasteiger partial charge in [0, 0.05) is 12.6 Å². The van der Waals surface area contributed by atoms with Crippen LogP contribution in [0.3, 0.4) is 0 Å². The van der Waals surface area contributed by atoms with Crippen molar-refractivity contribution in [1.82, 2.24) is 10.4 Å². The highest BCUT2D eigenvalue weighted by atomic mass is 32.2. The Morgan fingerprint density at radius 1 is 1.33 bits per heavy atom. The number of carbonyl (C=O) groups is 1. The second-order valence-electron chi connectivity index (χ2n) is 3.93. The van der Waals surface area contributed by atoms with Gasteiger partial charge in [0.15, 0.2) is 0 Å². The number of benzene rings is 1. The van der Waals surface area contributed by atoms with Gasteiger partial charge in [-0.1, -0.05) is 34.7 Å². The highest BCUT2D eigenvalue weighted by Crippen LogP contribution is 2.05. The van der Waals surface area contributed by atoms with Gasteiger partial charge in [0.05, 0.1) is 0 Å². The molecule has 0 unspecified atom stereocenters. The molecule has 0 heterocycles. The predicted octanol–water partition coefficient (Wildman–Crippen LogP) is 1.58. The van der Waals surface area contributed by atoms with E-state index >= 15 is 0 Å². The van der Waals surface area contributed by atoms with Crippen molar-refractivity contribution in [3.8, 4) is 0 Å². The van der Waals surface area contributed by atoms with Crippen LogP contribution in [0.2, 0.25) is 0 Å². The van der Waals surface area contributed by atoms with Gasteiger partial charge in [0.1, 0.15) is 0 Å². The Morgan fingerprint density at radius 2 is 1.94 bits per heavy atom. The fourth-order valence-corrected chi connectivity index (χ4v) is 1.52. The first-order valence-electron chi connectivity index (χ1n) is 5.41. The smallest absolute Gasteiger partial charge is 0.267 e. The topological polar surface area (TPSA) is 78.8 Å². The van der Waals surface area contributed by atoms with E-state index in [1.165, 1.54) is 0 Å². The molecule has 0 radical (unpaired) electrons. The van der Waals surface area contributed by atoms with E-state index in [0.29, 0.717) is 6.54 Å². The number of nitrogens with one attached hydrogen (secondary N) is 1. The van der Waals surface area contributed by atoms with Crippen LogP contribution in [0.15, 0.2) is 34.7 Å². The lowest BCUT2D eigenvalue weighted by atomic mass is 10.2. The molecule has 0 aliphatic rings. The maximum Gasteiger partial charge on any atom is 0.370 e. The van der Waals surface area contributed by atoms with Crippen molar-refractivity contribution in [3.63, 3.8) is 0 Å². The minimum absolute atomic E-state index is 0.0180. The Morgan fingerprint density at radius 3 is 2.44 bits per heavy atom. The van der Waals surface area contributed by atoms with Gasteiger partial charge in [-0.2, -0.15) is 8.42 Å². The number of amides is 2. The van der Waals surface area contributed by atoms with Crippen molar-refractivity contribution >= 4 is 16.5 Å². The van der Waals surface area contributed by atoms with Gasteiger partial charge in [-0.3, -0.25) is 5.43 Å². The van der Waals surface area contributed by atoms with Gasteiger partial charge in [-0.25, -0.2) is 9.80 Å². The summed E-state index contributed by atoms with van der Waals surface area (Å²) in [7, 11) is -2.74. The lowest BCUT2D eigenvalue weighted by Crippen LogP contribution is -2.44. The van der Waals surface area contributed by atoms with E-state index in [0.717, 1.165) is 5.56 Å². The van der Waals surface area contributed by atoms with Crippen LogP contribution in [0.25, 0.3) is 0 Å². The summed E-state index contributed by atoms with van der Waals surface area (Å²) in [5.41, 5.74) is 3.44. The van der Waals surface area contributed by atoms with Gasteiger partial charge < -0.3 is 0 Å². The molecule has 0 spiro atoms. The van der Waals surface area contributed by atoms with Crippen LogP contribution >= 0.6 is 0 Å². The molecular formula is C11H15N3O3S.